The van der Waals surface area contributed by atoms with Gasteiger partial charge >= 0.3 is 6.18 Å². The Hall–Kier alpha value is -2.54. The van der Waals surface area contributed by atoms with Crippen molar-refractivity contribution in [2.24, 2.45) is 0 Å². The van der Waals surface area contributed by atoms with Gasteiger partial charge < -0.3 is 5.32 Å². The first-order valence-electron chi connectivity index (χ1n) is 8.29. The van der Waals surface area contributed by atoms with Crippen molar-refractivity contribution < 1.29 is 13.2 Å². The number of hydrogen-bond acceptors (Lipinski definition) is 3. The molecular weight excluding hydrogens is 377 g/mol. The number of alkyl halides is 3. The SMILES string of the molecule is Cc1nn(Cc2ccccc2)c(C)c1CNc1ncc(C(F)(F)F)cc1Cl. The second-order valence-corrected chi connectivity index (χ2v) is 6.61. The lowest BCUT2D eigenvalue weighted by atomic mass is 10.2. The third-order valence-corrected chi connectivity index (χ3v) is 4.60. The molecule has 0 radical (unpaired) electrons. The number of halogens is 4. The van der Waals surface area contributed by atoms with Gasteiger partial charge in [-0.25, -0.2) is 4.98 Å². The quantitative estimate of drug-likeness (QED) is 0.644. The largest absolute Gasteiger partial charge is 0.417 e. The minimum atomic E-state index is -4.47. The molecule has 0 amide bonds. The van der Waals surface area contributed by atoms with Crippen LogP contribution in [0.1, 0.15) is 28.1 Å². The molecule has 3 rings (SSSR count). The van der Waals surface area contributed by atoms with E-state index in [0.29, 0.717) is 13.1 Å². The summed E-state index contributed by atoms with van der Waals surface area (Å²) in [4.78, 5) is 3.80. The minimum absolute atomic E-state index is 0.0724. The molecule has 4 nitrogen and oxygen atoms in total. The van der Waals surface area contributed by atoms with Crippen LogP contribution in [0, 0.1) is 13.8 Å². The van der Waals surface area contributed by atoms with E-state index in [1.54, 1.807) is 0 Å². The zero-order chi connectivity index (χ0) is 19.6. The van der Waals surface area contributed by atoms with E-state index in [9.17, 15) is 13.2 Å². The van der Waals surface area contributed by atoms with Gasteiger partial charge in [-0.05, 0) is 25.5 Å². The van der Waals surface area contributed by atoms with Crippen molar-refractivity contribution in [2.45, 2.75) is 33.1 Å². The molecule has 0 saturated heterocycles. The first-order chi connectivity index (χ1) is 12.8. The van der Waals surface area contributed by atoms with E-state index in [0.717, 1.165) is 34.8 Å². The fraction of sp³-hybridized carbons (Fsp3) is 0.263. The van der Waals surface area contributed by atoms with Gasteiger partial charge in [-0.2, -0.15) is 18.3 Å². The van der Waals surface area contributed by atoms with Gasteiger partial charge in [0, 0.05) is 24.0 Å². The molecule has 142 valence electrons. The average Bonchev–Trinajstić information content (AvgIpc) is 2.87. The Morgan fingerprint density at radius 3 is 2.48 bits per heavy atom. The lowest BCUT2D eigenvalue weighted by molar-refractivity contribution is -0.137. The Kier molecular flexibility index (Phi) is 5.41. The van der Waals surface area contributed by atoms with E-state index >= 15 is 0 Å². The fourth-order valence-electron chi connectivity index (χ4n) is 2.80. The molecule has 1 N–H and O–H groups in total. The van der Waals surface area contributed by atoms with Crippen LogP contribution in [0.5, 0.6) is 0 Å². The Bertz CT molecular complexity index is 936. The van der Waals surface area contributed by atoms with E-state index in [1.165, 1.54) is 0 Å². The molecule has 2 heterocycles. The highest BCUT2D eigenvalue weighted by Gasteiger charge is 2.31. The molecule has 0 unspecified atom stereocenters. The second kappa shape index (κ2) is 7.60. The Morgan fingerprint density at radius 2 is 1.85 bits per heavy atom. The van der Waals surface area contributed by atoms with Crippen molar-refractivity contribution in [3.8, 4) is 0 Å². The number of rotatable bonds is 5. The summed E-state index contributed by atoms with van der Waals surface area (Å²) in [6.07, 6.45) is -3.70. The van der Waals surface area contributed by atoms with Gasteiger partial charge in [0.25, 0.3) is 0 Å². The summed E-state index contributed by atoms with van der Waals surface area (Å²) < 4.78 is 40.0. The predicted octanol–water partition coefficient (Wildman–Crippen LogP) is 5.23. The highest BCUT2D eigenvalue weighted by molar-refractivity contribution is 6.32. The number of aryl methyl sites for hydroxylation is 1. The third kappa shape index (κ3) is 4.42. The van der Waals surface area contributed by atoms with E-state index in [1.807, 2.05) is 48.9 Å². The van der Waals surface area contributed by atoms with Crippen LogP contribution in [0.3, 0.4) is 0 Å². The van der Waals surface area contributed by atoms with Gasteiger partial charge in [-0.3, -0.25) is 4.68 Å². The number of hydrogen-bond donors (Lipinski definition) is 1. The number of nitrogens with zero attached hydrogens (tertiary/aromatic N) is 3. The Balaban J connectivity index is 1.75. The Labute approximate surface area is 160 Å². The van der Waals surface area contributed by atoms with E-state index < -0.39 is 11.7 Å². The number of nitrogens with one attached hydrogen (secondary N) is 1. The van der Waals surface area contributed by atoms with Crippen LogP contribution in [-0.2, 0) is 19.3 Å². The van der Waals surface area contributed by atoms with E-state index in [4.69, 9.17) is 11.6 Å². The first-order valence-corrected chi connectivity index (χ1v) is 8.67. The summed E-state index contributed by atoms with van der Waals surface area (Å²) in [5.74, 6) is 0.208. The average molecular weight is 395 g/mol. The highest BCUT2D eigenvalue weighted by atomic mass is 35.5. The van der Waals surface area contributed by atoms with Gasteiger partial charge in [0.2, 0.25) is 0 Å². The zero-order valence-electron chi connectivity index (χ0n) is 14.8. The molecule has 0 spiro atoms. The number of benzene rings is 1. The molecule has 0 bridgehead atoms. The molecule has 0 saturated carbocycles. The van der Waals surface area contributed by atoms with Crippen molar-refractivity contribution >= 4 is 17.4 Å². The van der Waals surface area contributed by atoms with Gasteiger partial charge in [-0.1, -0.05) is 41.9 Å². The highest BCUT2D eigenvalue weighted by Crippen LogP contribution is 2.32. The van der Waals surface area contributed by atoms with E-state index in [-0.39, 0.29) is 10.8 Å². The second-order valence-electron chi connectivity index (χ2n) is 6.20. The van der Waals surface area contributed by atoms with Crippen LogP contribution in [-0.4, -0.2) is 14.8 Å². The van der Waals surface area contributed by atoms with Crippen molar-refractivity contribution in [3.05, 3.63) is 75.7 Å². The molecular formula is C19H18ClF3N4. The van der Waals surface area contributed by atoms with Gasteiger partial charge in [0.15, 0.2) is 0 Å². The van der Waals surface area contributed by atoms with Gasteiger partial charge in [-0.15, -0.1) is 0 Å². The molecule has 0 aliphatic heterocycles. The van der Waals surface area contributed by atoms with Crippen LogP contribution in [0.15, 0.2) is 42.6 Å². The monoisotopic (exact) mass is 394 g/mol. The predicted molar refractivity (Wildman–Crippen MR) is 98.8 cm³/mol. The summed E-state index contributed by atoms with van der Waals surface area (Å²) in [6, 6.07) is 10.8. The topological polar surface area (TPSA) is 42.7 Å². The zero-order valence-corrected chi connectivity index (χ0v) is 15.6. The van der Waals surface area contributed by atoms with Crippen molar-refractivity contribution in [1.82, 2.24) is 14.8 Å². The molecule has 27 heavy (non-hydrogen) atoms. The number of anilines is 1. The molecule has 1 aromatic carbocycles. The van der Waals surface area contributed by atoms with Crippen LogP contribution in [0.25, 0.3) is 0 Å². The maximum Gasteiger partial charge on any atom is 0.417 e. The first kappa shape index (κ1) is 19.2. The molecule has 0 aliphatic rings. The summed E-state index contributed by atoms with van der Waals surface area (Å²) in [7, 11) is 0. The Morgan fingerprint density at radius 1 is 1.15 bits per heavy atom. The van der Waals surface area contributed by atoms with E-state index in [2.05, 4.69) is 15.4 Å². The summed E-state index contributed by atoms with van der Waals surface area (Å²) >= 11 is 5.95. The van der Waals surface area contributed by atoms with Crippen LogP contribution >= 0.6 is 11.6 Å². The summed E-state index contributed by atoms with van der Waals surface area (Å²) in [5, 5.41) is 7.49. The molecule has 0 aliphatic carbocycles. The number of pyridine rings is 1. The number of aromatic nitrogens is 3. The lowest BCUT2D eigenvalue weighted by Gasteiger charge is -2.11. The van der Waals surface area contributed by atoms with Gasteiger partial charge in [0.1, 0.15) is 5.82 Å². The molecule has 0 fully saturated rings. The van der Waals surface area contributed by atoms with Crippen molar-refractivity contribution in [1.29, 1.82) is 0 Å². The van der Waals surface area contributed by atoms with Crippen LogP contribution < -0.4 is 5.32 Å². The fourth-order valence-corrected chi connectivity index (χ4v) is 3.03. The normalized spacial score (nSPS) is 11.6. The molecule has 2 aromatic heterocycles. The maximum absolute atomic E-state index is 12.7. The minimum Gasteiger partial charge on any atom is -0.365 e. The van der Waals surface area contributed by atoms with Crippen LogP contribution in [0.4, 0.5) is 19.0 Å². The molecule has 8 heteroatoms. The van der Waals surface area contributed by atoms with Crippen molar-refractivity contribution in [3.63, 3.8) is 0 Å². The summed E-state index contributed by atoms with van der Waals surface area (Å²) in [5.41, 5.74) is 3.05. The standard InChI is InChI=1S/C19H18ClF3N4/c1-12-16(13(2)27(26-12)11-14-6-4-3-5-7-14)10-25-18-17(20)8-15(9-24-18)19(21,22)23/h3-9H,10-11H2,1-2H3,(H,24,25). The molecule has 0 atom stereocenters. The third-order valence-electron chi connectivity index (χ3n) is 4.31. The smallest absolute Gasteiger partial charge is 0.365 e. The summed E-state index contributed by atoms with van der Waals surface area (Å²) in [6.45, 7) is 4.87. The maximum atomic E-state index is 12.7. The molecule has 3 aromatic rings. The van der Waals surface area contributed by atoms with Crippen molar-refractivity contribution in [2.75, 3.05) is 5.32 Å². The van der Waals surface area contributed by atoms with Gasteiger partial charge in [0.05, 0.1) is 22.8 Å². The van der Waals surface area contributed by atoms with Crippen LogP contribution in [0.2, 0.25) is 5.02 Å². The lowest BCUT2D eigenvalue weighted by Crippen LogP contribution is -2.09.